The van der Waals surface area contributed by atoms with Crippen LogP contribution in [0.4, 0.5) is 0 Å². The van der Waals surface area contributed by atoms with Gasteiger partial charge in [-0.3, -0.25) is 4.79 Å². The van der Waals surface area contributed by atoms with E-state index in [0.29, 0.717) is 23.8 Å². The summed E-state index contributed by atoms with van der Waals surface area (Å²) in [6.07, 6.45) is 7.11. The Morgan fingerprint density at radius 2 is 1.79 bits per heavy atom. The summed E-state index contributed by atoms with van der Waals surface area (Å²) in [6, 6.07) is 0.481. The lowest BCUT2D eigenvalue weighted by Gasteiger charge is -2.48. The zero-order chi connectivity index (χ0) is 12.9. The van der Waals surface area contributed by atoms with Gasteiger partial charge in [0.25, 0.3) is 0 Å². The summed E-state index contributed by atoms with van der Waals surface area (Å²) in [7, 11) is 0. The lowest BCUT2D eigenvalue weighted by molar-refractivity contribution is -0.295. The molecule has 1 saturated carbocycles. The van der Waals surface area contributed by atoms with Crippen LogP contribution in [-0.2, 0) is 14.3 Å². The standard InChI is InChI=1S/C15H23NO3/c17-13-4-1-3-11-9-15(18-7-2-8-19-15)10-12-5-6-16(13)14(11)12/h11-12,14H,1-10H2/t11-,12+,14-/m1/s1. The molecule has 0 radical (unpaired) electrons. The van der Waals surface area contributed by atoms with Gasteiger partial charge in [-0.25, -0.2) is 0 Å². The molecule has 19 heavy (non-hydrogen) atoms. The van der Waals surface area contributed by atoms with Gasteiger partial charge in [-0.15, -0.1) is 0 Å². The number of hydrogen-bond acceptors (Lipinski definition) is 3. The maximum Gasteiger partial charge on any atom is 0.222 e. The Labute approximate surface area is 114 Å². The van der Waals surface area contributed by atoms with E-state index in [1.165, 1.54) is 0 Å². The number of carbonyl (C=O) groups excluding carboxylic acids is 1. The van der Waals surface area contributed by atoms with Crippen LogP contribution < -0.4 is 0 Å². The predicted octanol–water partition coefficient (Wildman–Crippen LogP) is 1.93. The predicted molar refractivity (Wildman–Crippen MR) is 69.4 cm³/mol. The third-order valence-corrected chi connectivity index (χ3v) is 5.52. The maximum absolute atomic E-state index is 12.2. The van der Waals surface area contributed by atoms with Gasteiger partial charge in [0.2, 0.25) is 5.91 Å². The van der Waals surface area contributed by atoms with Crippen LogP contribution in [-0.4, -0.2) is 42.4 Å². The highest BCUT2D eigenvalue weighted by Crippen LogP contribution is 2.49. The van der Waals surface area contributed by atoms with Crippen molar-refractivity contribution in [2.45, 2.75) is 56.8 Å². The molecular weight excluding hydrogens is 242 g/mol. The number of amides is 1. The first-order valence-electron chi connectivity index (χ1n) is 7.85. The summed E-state index contributed by atoms with van der Waals surface area (Å²) >= 11 is 0. The summed E-state index contributed by atoms with van der Waals surface area (Å²) in [5, 5.41) is 0. The molecule has 0 unspecified atom stereocenters. The zero-order valence-corrected chi connectivity index (χ0v) is 11.5. The van der Waals surface area contributed by atoms with Crippen LogP contribution in [0.2, 0.25) is 0 Å². The zero-order valence-electron chi connectivity index (χ0n) is 11.5. The van der Waals surface area contributed by atoms with Crippen molar-refractivity contribution < 1.29 is 14.3 Å². The smallest absolute Gasteiger partial charge is 0.222 e. The van der Waals surface area contributed by atoms with E-state index in [4.69, 9.17) is 9.47 Å². The van der Waals surface area contributed by atoms with Crippen LogP contribution in [0.15, 0.2) is 0 Å². The van der Waals surface area contributed by atoms with Crippen LogP contribution in [0.3, 0.4) is 0 Å². The van der Waals surface area contributed by atoms with Crippen molar-refractivity contribution in [1.82, 2.24) is 4.90 Å². The van der Waals surface area contributed by atoms with Crippen molar-refractivity contribution in [3.05, 3.63) is 0 Å². The van der Waals surface area contributed by atoms with Gasteiger partial charge in [0, 0.05) is 31.8 Å². The minimum atomic E-state index is -0.312. The van der Waals surface area contributed by atoms with Crippen molar-refractivity contribution in [1.29, 1.82) is 0 Å². The van der Waals surface area contributed by atoms with E-state index in [1.807, 2.05) is 0 Å². The van der Waals surface area contributed by atoms with Crippen molar-refractivity contribution in [3.63, 3.8) is 0 Å². The molecule has 0 aromatic carbocycles. The Kier molecular flexibility index (Phi) is 2.85. The van der Waals surface area contributed by atoms with E-state index in [0.717, 1.165) is 64.7 Å². The Morgan fingerprint density at radius 3 is 2.58 bits per heavy atom. The summed E-state index contributed by atoms with van der Waals surface area (Å²) in [4.78, 5) is 14.3. The van der Waals surface area contributed by atoms with Crippen molar-refractivity contribution in [3.8, 4) is 0 Å². The van der Waals surface area contributed by atoms with Gasteiger partial charge in [-0.1, -0.05) is 0 Å². The van der Waals surface area contributed by atoms with Crippen molar-refractivity contribution in [2.24, 2.45) is 11.8 Å². The molecule has 1 amide bonds. The third kappa shape index (κ3) is 1.91. The first-order chi connectivity index (χ1) is 9.27. The molecule has 4 aliphatic rings. The molecule has 0 N–H and O–H groups in total. The molecule has 3 heterocycles. The fourth-order valence-electron chi connectivity index (χ4n) is 4.82. The SMILES string of the molecule is O=C1CCC[C@@H]2CC3(C[C@@H]4CCN1[C@H]24)OCCCO3. The molecule has 1 spiro atoms. The molecule has 4 rings (SSSR count). The van der Waals surface area contributed by atoms with Crippen molar-refractivity contribution >= 4 is 5.91 Å². The van der Waals surface area contributed by atoms with E-state index in [1.54, 1.807) is 0 Å². The van der Waals surface area contributed by atoms with Gasteiger partial charge in [-0.05, 0) is 37.5 Å². The molecule has 4 heteroatoms. The van der Waals surface area contributed by atoms with Gasteiger partial charge < -0.3 is 14.4 Å². The van der Waals surface area contributed by atoms with Gasteiger partial charge >= 0.3 is 0 Å². The molecule has 106 valence electrons. The number of nitrogens with zero attached hydrogens (tertiary/aromatic N) is 1. The molecule has 3 atom stereocenters. The first-order valence-corrected chi connectivity index (χ1v) is 7.85. The molecule has 4 nitrogen and oxygen atoms in total. The van der Waals surface area contributed by atoms with Crippen LogP contribution in [0, 0.1) is 11.8 Å². The fraction of sp³-hybridized carbons (Fsp3) is 0.933. The maximum atomic E-state index is 12.2. The second-order valence-electron chi connectivity index (χ2n) is 6.65. The highest BCUT2D eigenvalue weighted by Gasteiger charge is 2.53. The molecule has 1 aliphatic carbocycles. The van der Waals surface area contributed by atoms with E-state index in [-0.39, 0.29) is 5.79 Å². The lowest BCUT2D eigenvalue weighted by Crippen LogP contribution is -2.53. The lowest BCUT2D eigenvalue weighted by atomic mass is 9.72. The third-order valence-electron chi connectivity index (χ3n) is 5.52. The number of hydrogen-bond donors (Lipinski definition) is 0. The summed E-state index contributed by atoms with van der Waals surface area (Å²) in [6.45, 7) is 2.64. The van der Waals surface area contributed by atoms with Gasteiger partial charge in [0.15, 0.2) is 5.79 Å². The second-order valence-corrected chi connectivity index (χ2v) is 6.65. The van der Waals surface area contributed by atoms with E-state index in [2.05, 4.69) is 4.90 Å². The average Bonchev–Trinajstić information content (AvgIpc) is 2.75. The molecule has 3 aliphatic heterocycles. The van der Waals surface area contributed by atoms with Crippen LogP contribution in [0.25, 0.3) is 0 Å². The molecular formula is C15H23NO3. The van der Waals surface area contributed by atoms with Crippen LogP contribution in [0.1, 0.15) is 44.9 Å². The fourth-order valence-corrected chi connectivity index (χ4v) is 4.82. The number of carbonyl (C=O) groups is 1. The Balaban J connectivity index is 1.61. The quantitative estimate of drug-likeness (QED) is 0.672. The minimum Gasteiger partial charge on any atom is -0.350 e. The molecule has 0 aromatic heterocycles. The molecule has 0 bridgehead atoms. The molecule has 4 fully saturated rings. The number of rotatable bonds is 0. The Hall–Kier alpha value is -0.610. The van der Waals surface area contributed by atoms with Gasteiger partial charge in [0.05, 0.1) is 13.2 Å². The van der Waals surface area contributed by atoms with E-state index in [9.17, 15) is 4.79 Å². The van der Waals surface area contributed by atoms with Crippen LogP contribution >= 0.6 is 0 Å². The number of ether oxygens (including phenoxy) is 2. The largest absolute Gasteiger partial charge is 0.350 e. The average molecular weight is 265 g/mol. The van der Waals surface area contributed by atoms with Gasteiger partial charge in [-0.2, -0.15) is 0 Å². The van der Waals surface area contributed by atoms with Gasteiger partial charge in [0.1, 0.15) is 0 Å². The summed E-state index contributed by atoms with van der Waals surface area (Å²) in [5.41, 5.74) is 0. The highest BCUT2D eigenvalue weighted by atomic mass is 16.7. The van der Waals surface area contributed by atoms with Crippen molar-refractivity contribution in [2.75, 3.05) is 19.8 Å². The molecule has 0 aromatic rings. The van der Waals surface area contributed by atoms with E-state index < -0.39 is 0 Å². The van der Waals surface area contributed by atoms with E-state index >= 15 is 0 Å². The highest BCUT2D eigenvalue weighted by molar-refractivity contribution is 5.77. The first kappa shape index (κ1) is 12.2. The normalized spacial score (nSPS) is 41.2. The summed E-state index contributed by atoms with van der Waals surface area (Å²) in [5.74, 6) is 1.26. The Morgan fingerprint density at radius 1 is 1.05 bits per heavy atom. The Bertz CT molecular complexity index is 378. The molecule has 3 saturated heterocycles. The second kappa shape index (κ2) is 4.45. The monoisotopic (exact) mass is 265 g/mol. The van der Waals surface area contributed by atoms with Crippen LogP contribution in [0.5, 0.6) is 0 Å². The minimum absolute atomic E-state index is 0.312. The topological polar surface area (TPSA) is 38.8 Å². The summed E-state index contributed by atoms with van der Waals surface area (Å²) < 4.78 is 12.1.